The van der Waals surface area contributed by atoms with Crippen LogP contribution in [0.15, 0.2) is 73.2 Å². The number of amides is 3. The number of halogens is 1. The van der Waals surface area contributed by atoms with Crippen molar-refractivity contribution in [1.29, 1.82) is 0 Å². The Morgan fingerprint density at radius 2 is 1.85 bits per heavy atom. The van der Waals surface area contributed by atoms with Crippen molar-refractivity contribution in [1.82, 2.24) is 25.0 Å². The Morgan fingerprint density at radius 1 is 1.10 bits per heavy atom. The molecule has 0 spiro atoms. The molecule has 3 atom stereocenters. The molecule has 10 nitrogen and oxygen atoms in total. The van der Waals surface area contributed by atoms with Crippen LogP contribution in [-0.4, -0.2) is 56.2 Å². The number of piperidine rings is 1. The van der Waals surface area contributed by atoms with E-state index in [9.17, 15) is 18.8 Å². The lowest BCUT2D eigenvalue weighted by molar-refractivity contribution is -0.124. The molecule has 1 saturated heterocycles. The van der Waals surface area contributed by atoms with Gasteiger partial charge < -0.3 is 15.8 Å². The second-order valence-corrected chi connectivity index (χ2v) is 10.1. The minimum atomic E-state index is -0.845. The molecule has 3 amide bonds. The molecule has 2 unspecified atom stereocenters. The Balaban J connectivity index is 1.28. The maximum Gasteiger partial charge on any atom is 0.410 e. The molecule has 0 bridgehead atoms. The van der Waals surface area contributed by atoms with Crippen LogP contribution in [0.1, 0.15) is 42.1 Å². The summed E-state index contributed by atoms with van der Waals surface area (Å²) in [6.07, 6.45) is 5.55. The molecular formula is C30H31FN6O4. The van der Waals surface area contributed by atoms with Gasteiger partial charge in [-0.25, -0.2) is 13.9 Å². The van der Waals surface area contributed by atoms with Gasteiger partial charge >= 0.3 is 6.09 Å². The Bertz CT molecular complexity index is 1540. The normalized spacial score (nSPS) is 17.7. The molecule has 11 heteroatoms. The number of nitrogens with zero attached hydrogens (tertiary/aromatic N) is 4. The summed E-state index contributed by atoms with van der Waals surface area (Å²) in [6.45, 7) is 2.33. The van der Waals surface area contributed by atoms with Gasteiger partial charge in [-0.1, -0.05) is 37.3 Å². The van der Waals surface area contributed by atoms with Gasteiger partial charge in [0, 0.05) is 24.2 Å². The highest BCUT2D eigenvalue weighted by atomic mass is 19.1. The summed E-state index contributed by atoms with van der Waals surface area (Å²) >= 11 is 0. The predicted molar refractivity (Wildman–Crippen MR) is 149 cm³/mol. The van der Waals surface area contributed by atoms with Crippen LogP contribution in [0.5, 0.6) is 0 Å². The lowest BCUT2D eigenvalue weighted by atomic mass is 9.83. The minimum Gasteiger partial charge on any atom is -0.445 e. The van der Waals surface area contributed by atoms with Crippen LogP contribution < -0.4 is 11.1 Å². The summed E-state index contributed by atoms with van der Waals surface area (Å²) in [6, 6.07) is 14.0. The van der Waals surface area contributed by atoms with Gasteiger partial charge in [0.05, 0.1) is 29.2 Å². The van der Waals surface area contributed by atoms with Gasteiger partial charge in [0.1, 0.15) is 18.5 Å². The van der Waals surface area contributed by atoms with Crippen LogP contribution in [0, 0.1) is 11.7 Å². The summed E-state index contributed by atoms with van der Waals surface area (Å²) < 4.78 is 20.4. The Morgan fingerprint density at radius 3 is 2.56 bits per heavy atom. The van der Waals surface area contributed by atoms with Crippen molar-refractivity contribution >= 4 is 28.8 Å². The first-order chi connectivity index (χ1) is 19.9. The second-order valence-electron chi connectivity index (χ2n) is 10.1. The molecule has 1 aliphatic rings. The SMILES string of the molecule is CCC(NC(=O)c1cncc2c1cnn2-c1ccc(F)cc1)C1CCN(C(=O)OCc2ccccc2)[C@H](C(N)=O)C1. The fourth-order valence-corrected chi connectivity index (χ4v) is 5.36. The van der Waals surface area contributed by atoms with E-state index in [0.717, 1.165) is 5.56 Å². The van der Waals surface area contributed by atoms with Crippen molar-refractivity contribution < 1.29 is 23.5 Å². The largest absolute Gasteiger partial charge is 0.445 e. The number of hydrogen-bond acceptors (Lipinski definition) is 6. The number of carbonyl (C=O) groups excluding carboxylic acids is 3. The van der Waals surface area contributed by atoms with Gasteiger partial charge in [0.15, 0.2) is 0 Å². The van der Waals surface area contributed by atoms with Crippen molar-refractivity contribution in [3.8, 4) is 5.69 Å². The minimum absolute atomic E-state index is 0.0891. The van der Waals surface area contributed by atoms with Crippen molar-refractivity contribution in [3.63, 3.8) is 0 Å². The number of primary amides is 1. The zero-order valence-electron chi connectivity index (χ0n) is 22.6. The molecule has 4 aromatic rings. The zero-order valence-corrected chi connectivity index (χ0v) is 22.6. The summed E-state index contributed by atoms with van der Waals surface area (Å²) in [5.74, 6) is -1.39. The Hall–Kier alpha value is -4.80. The highest BCUT2D eigenvalue weighted by molar-refractivity contribution is 6.06. The first-order valence-electron chi connectivity index (χ1n) is 13.5. The van der Waals surface area contributed by atoms with Crippen LogP contribution in [-0.2, 0) is 16.1 Å². The number of likely N-dealkylation sites (tertiary alicyclic amines) is 1. The lowest BCUT2D eigenvalue weighted by Gasteiger charge is -2.40. The van der Waals surface area contributed by atoms with Crippen LogP contribution in [0.4, 0.5) is 9.18 Å². The average Bonchev–Trinajstić information content (AvgIpc) is 3.43. The molecule has 0 saturated carbocycles. The monoisotopic (exact) mass is 558 g/mol. The van der Waals surface area contributed by atoms with Gasteiger partial charge in [0.25, 0.3) is 5.91 Å². The van der Waals surface area contributed by atoms with Crippen LogP contribution in [0.2, 0.25) is 0 Å². The van der Waals surface area contributed by atoms with E-state index in [-0.39, 0.29) is 36.8 Å². The standard InChI is InChI=1S/C30H31FN6O4/c1-2-25(20-12-13-36(26(14-20)28(32)38)30(40)41-18-19-6-4-3-5-7-19)35-29(39)24-15-33-17-27-23(24)16-34-37(27)22-10-8-21(31)9-11-22/h3-11,15-17,20,25-26H,2,12-14,18H2,1H3,(H2,32,38)(H,35,39)/t20?,25?,26-/m0/s1. The maximum absolute atomic E-state index is 13.5. The molecule has 0 radical (unpaired) electrons. The number of aromatic nitrogens is 3. The van der Waals surface area contributed by atoms with Crippen LogP contribution >= 0.6 is 0 Å². The summed E-state index contributed by atoms with van der Waals surface area (Å²) in [5.41, 5.74) is 8.14. The Labute approximate surface area is 236 Å². The average molecular weight is 559 g/mol. The maximum atomic E-state index is 13.5. The molecule has 0 aliphatic carbocycles. The van der Waals surface area contributed by atoms with E-state index in [4.69, 9.17) is 10.5 Å². The molecule has 2 aromatic heterocycles. The van der Waals surface area contributed by atoms with Crippen molar-refractivity contribution in [3.05, 3.63) is 90.1 Å². The fraction of sp³-hybridized carbons (Fsp3) is 0.300. The quantitative estimate of drug-likeness (QED) is 0.336. The number of pyridine rings is 1. The van der Waals surface area contributed by atoms with Gasteiger partial charge in [-0.15, -0.1) is 0 Å². The number of benzene rings is 2. The van der Waals surface area contributed by atoms with Crippen molar-refractivity contribution in [2.75, 3.05) is 6.54 Å². The molecule has 3 heterocycles. The molecule has 3 N–H and O–H groups in total. The van der Waals surface area contributed by atoms with E-state index in [0.29, 0.717) is 41.4 Å². The fourth-order valence-electron chi connectivity index (χ4n) is 5.36. The summed E-state index contributed by atoms with van der Waals surface area (Å²) in [7, 11) is 0. The molecule has 212 valence electrons. The third kappa shape index (κ3) is 6.03. The number of rotatable bonds is 8. The number of ether oxygens (including phenoxy) is 1. The topological polar surface area (TPSA) is 132 Å². The number of fused-ring (bicyclic) bond motifs is 1. The van der Waals surface area contributed by atoms with Gasteiger partial charge in [-0.05, 0) is 55.0 Å². The van der Waals surface area contributed by atoms with E-state index in [1.807, 2.05) is 37.3 Å². The second kappa shape index (κ2) is 12.2. The number of nitrogens with two attached hydrogens (primary N) is 1. The third-order valence-corrected chi connectivity index (χ3v) is 7.55. The summed E-state index contributed by atoms with van der Waals surface area (Å²) in [5, 5.41) is 8.09. The number of carbonyl (C=O) groups is 3. The van der Waals surface area contributed by atoms with Gasteiger partial charge in [-0.2, -0.15) is 5.10 Å². The first-order valence-corrected chi connectivity index (χ1v) is 13.5. The lowest BCUT2D eigenvalue weighted by Crippen LogP contribution is -2.55. The highest BCUT2D eigenvalue weighted by Crippen LogP contribution is 2.29. The molecule has 5 rings (SSSR count). The van der Waals surface area contributed by atoms with E-state index in [1.54, 1.807) is 29.2 Å². The van der Waals surface area contributed by atoms with E-state index in [2.05, 4.69) is 15.4 Å². The van der Waals surface area contributed by atoms with Crippen LogP contribution in [0.3, 0.4) is 0 Å². The number of hydrogen-bond donors (Lipinski definition) is 2. The van der Waals surface area contributed by atoms with E-state index < -0.39 is 18.0 Å². The third-order valence-electron chi connectivity index (χ3n) is 7.55. The molecule has 41 heavy (non-hydrogen) atoms. The predicted octanol–water partition coefficient (Wildman–Crippen LogP) is 3.97. The van der Waals surface area contributed by atoms with Crippen LogP contribution in [0.25, 0.3) is 16.6 Å². The van der Waals surface area contributed by atoms with Crippen molar-refractivity contribution in [2.45, 2.75) is 44.9 Å². The molecule has 1 aliphatic heterocycles. The molecule has 2 aromatic carbocycles. The van der Waals surface area contributed by atoms with E-state index >= 15 is 0 Å². The molecule has 1 fully saturated rings. The summed E-state index contributed by atoms with van der Waals surface area (Å²) in [4.78, 5) is 44.3. The highest BCUT2D eigenvalue weighted by Gasteiger charge is 2.39. The Kier molecular flexibility index (Phi) is 8.23. The van der Waals surface area contributed by atoms with Gasteiger partial charge in [0.2, 0.25) is 5.91 Å². The van der Waals surface area contributed by atoms with Crippen molar-refractivity contribution in [2.24, 2.45) is 11.7 Å². The van der Waals surface area contributed by atoms with Gasteiger partial charge in [-0.3, -0.25) is 19.5 Å². The molecular weight excluding hydrogens is 527 g/mol. The first kappa shape index (κ1) is 27.8. The van der Waals surface area contributed by atoms with E-state index in [1.165, 1.54) is 23.2 Å². The smallest absolute Gasteiger partial charge is 0.410 e. The zero-order chi connectivity index (χ0) is 28.9. The number of nitrogens with one attached hydrogen (secondary N) is 1.